The molecule has 116 valence electrons. The van der Waals surface area contributed by atoms with Crippen LogP contribution in [0.3, 0.4) is 0 Å². The van der Waals surface area contributed by atoms with Crippen LogP contribution in [-0.4, -0.2) is 41.5 Å². The normalized spacial score (nSPS) is 10.4. The van der Waals surface area contributed by atoms with E-state index in [0.717, 1.165) is 22.6 Å². The molecule has 0 saturated carbocycles. The Bertz CT molecular complexity index is 671. The molecule has 0 unspecified atom stereocenters. The van der Waals surface area contributed by atoms with Crippen molar-refractivity contribution in [3.63, 3.8) is 0 Å². The van der Waals surface area contributed by atoms with E-state index in [1.807, 2.05) is 44.0 Å². The molecule has 0 aliphatic heterocycles. The summed E-state index contributed by atoms with van der Waals surface area (Å²) in [6.45, 7) is 4.50. The largest absolute Gasteiger partial charge is 0.359 e. The van der Waals surface area contributed by atoms with Crippen LogP contribution < -0.4 is 10.2 Å². The molecule has 0 radical (unpaired) electrons. The maximum absolute atomic E-state index is 11.3. The third-order valence-corrected chi connectivity index (χ3v) is 3.44. The van der Waals surface area contributed by atoms with Gasteiger partial charge in [0.15, 0.2) is 0 Å². The number of anilines is 1. The number of hydrogen-bond donors (Lipinski definition) is 1. The van der Waals surface area contributed by atoms with E-state index >= 15 is 0 Å². The molecule has 22 heavy (non-hydrogen) atoms. The summed E-state index contributed by atoms with van der Waals surface area (Å²) in [6, 6.07) is 5.86. The lowest BCUT2D eigenvalue weighted by Gasteiger charge is -2.17. The number of carbonyl (C=O) groups is 1. The number of hydrogen-bond acceptors (Lipinski definition) is 5. The van der Waals surface area contributed by atoms with Crippen LogP contribution >= 0.6 is 0 Å². The van der Waals surface area contributed by atoms with E-state index < -0.39 is 0 Å². The maximum atomic E-state index is 11.3. The molecule has 0 atom stereocenters. The molecule has 1 amide bonds. The first-order valence-electron chi connectivity index (χ1n) is 7.20. The Morgan fingerprint density at radius 3 is 2.68 bits per heavy atom. The van der Waals surface area contributed by atoms with Crippen LogP contribution in [0.1, 0.15) is 17.8 Å². The van der Waals surface area contributed by atoms with Crippen molar-refractivity contribution in [3.05, 3.63) is 35.8 Å². The predicted octanol–water partition coefficient (Wildman–Crippen LogP) is 1.73. The number of pyridine rings is 1. The lowest BCUT2D eigenvalue weighted by atomic mass is 10.1. The molecular weight excluding hydrogens is 278 g/mol. The molecule has 6 nitrogen and oxygen atoms in total. The molecule has 2 aromatic heterocycles. The molecule has 0 fully saturated rings. The fourth-order valence-corrected chi connectivity index (χ4v) is 2.13. The zero-order valence-electron chi connectivity index (χ0n) is 13.4. The van der Waals surface area contributed by atoms with Gasteiger partial charge >= 0.3 is 0 Å². The Balaban J connectivity index is 2.21. The van der Waals surface area contributed by atoms with Crippen LogP contribution in [0, 0.1) is 13.8 Å². The number of nitrogens with one attached hydrogen (secondary N) is 1. The summed E-state index contributed by atoms with van der Waals surface area (Å²) in [4.78, 5) is 26.5. The van der Waals surface area contributed by atoms with Crippen LogP contribution in [0.4, 0.5) is 5.95 Å². The third kappa shape index (κ3) is 3.78. The standard InChI is InChI=1S/C16H21N5O/c1-11-5-6-13(12(2)19-11)14-7-9-18-16(20-14)21(4)10-8-15(22)17-3/h5-7,9H,8,10H2,1-4H3,(H,17,22). The van der Waals surface area contributed by atoms with Crippen molar-refractivity contribution < 1.29 is 4.79 Å². The summed E-state index contributed by atoms with van der Waals surface area (Å²) in [5, 5.41) is 2.61. The van der Waals surface area contributed by atoms with Crippen molar-refractivity contribution >= 4 is 11.9 Å². The van der Waals surface area contributed by atoms with E-state index in [1.54, 1.807) is 13.2 Å². The Morgan fingerprint density at radius 2 is 2.00 bits per heavy atom. The molecule has 2 heterocycles. The number of aryl methyl sites for hydroxylation is 2. The van der Waals surface area contributed by atoms with Gasteiger partial charge in [-0.15, -0.1) is 0 Å². The van der Waals surface area contributed by atoms with Crippen LogP contribution in [0.5, 0.6) is 0 Å². The Hall–Kier alpha value is -2.50. The van der Waals surface area contributed by atoms with Crippen LogP contribution in [0.2, 0.25) is 0 Å². The van der Waals surface area contributed by atoms with E-state index in [0.29, 0.717) is 18.9 Å². The Morgan fingerprint density at radius 1 is 1.23 bits per heavy atom. The van der Waals surface area contributed by atoms with E-state index in [1.165, 1.54) is 0 Å². The highest BCUT2D eigenvalue weighted by molar-refractivity contribution is 5.76. The molecule has 1 N–H and O–H groups in total. The highest BCUT2D eigenvalue weighted by atomic mass is 16.1. The second kappa shape index (κ2) is 6.98. The molecular formula is C16H21N5O. The monoisotopic (exact) mass is 299 g/mol. The van der Waals surface area contributed by atoms with Gasteiger partial charge in [0.1, 0.15) is 0 Å². The smallest absolute Gasteiger partial charge is 0.225 e. The van der Waals surface area contributed by atoms with Gasteiger partial charge in [-0.2, -0.15) is 0 Å². The van der Waals surface area contributed by atoms with Crippen LogP contribution in [-0.2, 0) is 4.79 Å². The average molecular weight is 299 g/mol. The predicted molar refractivity (Wildman–Crippen MR) is 86.7 cm³/mol. The highest BCUT2D eigenvalue weighted by Crippen LogP contribution is 2.21. The second-order valence-corrected chi connectivity index (χ2v) is 5.17. The molecule has 0 spiro atoms. The van der Waals surface area contributed by atoms with Crippen LogP contribution in [0.25, 0.3) is 11.3 Å². The molecule has 0 aromatic carbocycles. The number of aromatic nitrogens is 3. The molecule has 0 aliphatic rings. The minimum absolute atomic E-state index is 0.00147. The fourth-order valence-electron chi connectivity index (χ4n) is 2.13. The Kier molecular flexibility index (Phi) is 5.04. The summed E-state index contributed by atoms with van der Waals surface area (Å²) in [5.74, 6) is 0.600. The summed E-state index contributed by atoms with van der Waals surface area (Å²) in [7, 11) is 3.51. The minimum atomic E-state index is 0.00147. The van der Waals surface area contributed by atoms with Crippen molar-refractivity contribution in [2.75, 3.05) is 25.5 Å². The lowest BCUT2D eigenvalue weighted by Crippen LogP contribution is -2.27. The van der Waals surface area contributed by atoms with E-state index in [4.69, 9.17) is 0 Å². The zero-order valence-corrected chi connectivity index (χ0v) is 13.4. The first-order chi connectivity index (χ1) is 10.5. The van der Waals surface area contributed by atoms with Crippen molar-refractivity contribution in [2.45, 2.75) is 20.3 Å². The highest BCUT2D eigenvalue weighted by Gasteiger charge is 2.10. The maximum Gasteiger partial charge on any atom is 0.225 e. The van der Waals surface area contributed by atoms with Gasteiger partial charge in [0, 0.05) is 50.2 Å². The first-order valence-corrected chi connectivity index (χ1v) is 7.20. The fraction of sp³-hybridized carbons (Fsp3) is 0.375. The molecule has 6 heteroatoms. The third-order valence-electron chi connectivity index (χ3n) is 3.44. The average Bonchev–Trinajstić information content (AvgIpc) is 2.52. The van der Waals surface area contributed by atoms with Gasteiger partial charge in [-0.3, -0.25) is 9.78 Å². The van der Waals surface area contributed by atoms with Gasteiger partial charge < -0.3 is 10.2 Å². The number of carbonyl (C=O) groups excluding carboxylic acids is 1. The van der Waals surface area contributed by atoms with E-state index in [9.17, 15) is 4.79 Å². The summed E-state index contributed by atoms with van der Waals surface area (Å²) in [5.41, 5.74) is 3.76. The lowest BCUT2D eigenvalue weighted by molar-refractivity contribution is -0.120. The molecule has 2 rings (SSSR count). The van der Waals surface area contributed by atoms with Gasteiger partial charge in [-0.05, 0) is 32.0 Å². The van der Waals surface area contributed by atoms with Crippen molar-refractivity contribution in [1.82, 2.24) is 20.3 Å². The second-order valence-electron chi connectivity index (χ2n) is 5.17. The quantitative estimate of drug-likeness (QED) is 0.910. The SMILES string of the molecule is CNC(=O)CCN(C)c1nccc(-c2ccc(C)nc2C)n1. The van der Waals surface area contributed by atoms with E-state index in [2.05, 4.69) is 20.3 Å². The van der Waals surface area contributed by atoms with Crippen molar-refractivity contribution in [3.8, 4) is 11.3 Å². The van der Waals surface area contributed by atoms with Gasteiger partial charge in [-0.1, -0.05) is 0 Å². The van der Waals surface area contributed by atoms with Gasteiger partial charge in [0.25, 0.3) is 0 Å². The molecule has 0 aliphatic carbocycles. The summed E-state index contributed by atoms with van der Waals surface area (Å²) < 4.78 is 0. The Labute approximate surface area is 130 Å². The van der Waals surface area contributed by atoms with Crippen molar-refractivity contribution in [2.24, 2.45) is 0 Å². The molecule has 2 aromatic rings. The van der Waals surface area contributed by atoms with Crippen LogP contribution in [0.15, 0.2) is 24.4 Å². The number of rotatable bonds is 5. The topological polar surface area (TPSA) is 71.0 Å². The summed E-state index contributed by atoms with van der Waals surface area (Å²) in [6.07, 6.45) is 2.14. The first kappa shape index (κ1) is 15.9. The molecule has 0 bridgehead atoms. The minimum Gasteiger partial charge on any atom is -0.359 e. The van der Waals surface area contributed by atoms with E-state index in [-0.39, 0.29) is 5.91 Å². The van der Waals surface area contributed by atoms with Crippen molar-refractivity contribution in [1.29, 1.82) is 0 Å². The zero-order chi connectivity index (χ0) is 16.1. The number of nitrogens with zero attached hydrogens (tertiary/aromatic N) is 4. The molecule has 0 saturated heterocycles. The number of amides is 1. The van der Waals surface area contributed by atoms with Gasteiger partial charge in [0.2, 0.25) is 11.9 Å². The summed E-state index contributed by atoms with van der Waals surface area (Å²) >= 11 is 0. The van der Waals surface area contributed by atoms with Gasteiger partial charge in [-0.25, -0.2) is 9.97 Å². The van der Waals surface area contributed by atoms with Gasteiger partial charge in [0.05, 0.1) is 5.69 Å².